The Hall–Kier alpha value is -2.11. The van der Waals surface area contributed by atoms with Gasteiger partial charge >= 0.3 is 0 Å². The quantitative estimate of drug-likeness (QED) is 0.715. The standard InChI is InChI=1S/C13H20N4O2/c1-17(2)13(19)11-9-10(6-8-16-11)15-7-4-3-5-12(14)18/h6,8-9H,3-5,7H2,1-2H3,(H2,14,18)(H,15,16). The Bertz CT molecular complexity index is 446. The van der Waals surface area contributed by atoms with Gasteiger partial charge in [-0.3, -0.25) is 14.6 Å². The number of hydrogen-bond acceptors (Lipinski definition) is 4. The molecule has 1 aromatic heterocycles. The Morgan fingerprint density at radius 2 is 2.11 bits per heavy atom. The second kappa shape index (κ2) is 7.35. The number of nitrogens with one attached hydrogen (secondary N) is 1. The van der Waals surface area contributed by atoms with Crippen LogP contribution in [0.3, 0.4) is 0 Å². The second-order valence-corrected chi connectivity index (χ2v) is 4.48. The number of amides is 2. The van der Waals surface area contributed by atoms with Crippen LogP contribution in [0.4, 0.5) is 5.69 Å². The molecule has 0 saturated heterocycles. The van der Waals surface area contributed by atoms with Crippen LogP contribution in [-0.2, 0) is 4.79 Å². The van der Waals surface area contributed by atoms with Crippen LogP contribution >= 0.6 is 0 Å². The molecule has 0 aromatic carbocycles. The Balaban J connectivity index is 2.44. The minimum absolute atomic E-state index is 0.127. The van der Waals surface area contributed by atoms with Crippen molar-refractivity contribution < 1.29 is 9.59 Å². The third-order valence-corrected chi connectivity index (χ3v) is 2.56. The van der Waals surface area contributed by atoms with Crippen LogP contribution in [-0.4, -0.2) is 42.3 Å². The lowest BCUT2D eigenvalue weighted by molar-refractivity contribution is -0.118. The predicted molar refractivity (Wildman–Crippen MR) is 73.8 cm³/mol. The summed E-state index contributed by atoms with van der Waals surface area (Å²) in [7, 11) is 3.38. The molecule has 6 nitrogen and oxygen atoms in total. The van der Waals surface area contributed by atoms with E-state index in [0.717, 1.165) is 25.1 Å². The van der Waals surface area contributed by atoms with Gasteiger partial charge in [-0.05, 0) is 25.0 Å². The average Bonchev–Trinajstić information content (AvgIpc) is 2.37. The van der Waals surface area contributed by atoms with Gasteiger partial charge in [-0.25, -0.2) is 0 Å². The first-order valence-corrected chi connectivity index (χ1v) is 6.20. The molecule has 0 atom stereocenters. The van der Waals surface area contributed by atoms with Crippen molar-refractivity contribution in [3.8, 4) is 0 Å². The molecule has 0 bridgehead atoms. The number of primary amides is 1. The molecular weight excluding hydrogens is 244 g/mol. The fraction of sp³-hybridized carbons (Fsp3) is 0.462. The van der Waals surface area contributed by atoms with Crippen molar-refractivity contribution in [1.82, 2.24) is 9.88 Å². The number of unbranched alkanes of at least 4 members (excludes halogenated alkanes) is 1. The summed E-state index contributed by atoms with van der Waals surface area (Å²) in [5.74, 6) is -0.403. The molecule has 0 radical (unpaired) electrons. The van der Waals surface area contributed by atoms with Crippen LogP contribution in [0, 0.1) is 0 Å². The number of hydrogen-bond donors (Lipinski definition) is 2. The number of pyridine rings is 1. The summed E-state index contributed by atoms with van der Waals surface area (Å²) in [5, 5.41) is 3.19. The SMILES string of the molecule is CN(C)C(=O)c1cc(NCCCCC(N)=O)ccn1. The highest BCUT2D eigenvalue weighted by molar-refractivity contribution is 5.92. The molecule has 1 heterocycles. The number of carbonyl (C=O) groups is 2. The zero-order chi connectivity index (χ0) is 14.3. The lowest BCUT2D eigenvalue weighted by atomic mass is 10.2. The lowest BCUT2D eigenvalue weighted by Gasteiger charge is -2.11. The molecular formula is C13H20N4O2. The van der Waals surface area contributed by atoms with E-state index in [-0.39, 0.29) is 11.8 Å². The van der Waals surface area contributed by atoms with Crippen LogP contribution in [0.2, 0.25) is 0 Å². The fourth-order valence-electron chi connectivity index (χ4n) is 1.54. The molecule has 0 aliphatic carbocycles. The van der Waals surface area contributed by atoms with E-state index in [0.29, 0.717) is 12.1 Å². The molecule has 0 saturated carbocycles. The van der Waals surface area contributed by atoms with E-state index in [4.69, 9.17) is 5.73 Å². The fourth-order valence-corrected chi connectivity index (χ4v) is 1.54. The number of nitrogens with zero attached hydrogens (tertiary/aromatic N) is 2. The van der Waals surface area contributed by atoms with Gasteiger partial charge in [0.15, 0.2) is 0 Å². The topological polar surface area (TPSA) is 88.3 Å². The molecule has 0 spiro atoms. The molecule has 1 aromatic rings. The van der Waals surface area contributed by atoms with Crippen molar-refractivity contribution in [2.45, 2.75) is 19.3 Å². The van der Waals surface area contributed by atoms with E-state index < -0.39 is 0 Å². The maximum atomic E-state index is 11.7. The number of anilines is 1. The maximum Gasteiger partial charge on any atom is 0.272 e. The first kappa shape index (κ1) is 14.9. The van der Waals surface area contributed by atoms with Gasteiger partial charge in [0.25, 0.3) is 5.91 Å². The van der Waals surface area contributed by atoms with Gasteiger partial charge in [-0.2, -0.15) is 0 Å². The van der Waals surface area contributed by atoms with Gasteiger partial charge in [-0.1, -0.05) is 0 Å². The molecule has 0 aliphatic heterocycles. The summed E-state index contributed by atoms with van der Waals surface area (Å²) in [5.41, 5.74) is 6.31. The molecule has 2 amide bonds. The van der Waals surface area contributed by atoms with E-state index in [1.807, 2.05) is 0 Å². The van der Waals surface area contributed by atoms with Crippen molar-refractivity contribution in [3.63, 3.8) is 0 Å². The van der Waals surface area contributed by atoms with Gasteiger partial charge in [0.1, 0.15) is 5.69 Å². The van der Waals surface area contributed by atoms with Crippen LogP contribution in [0.15, 0.2) is 18.3 Å². The predicted octanol–water partition coefficient (Wildman–Crippen LogP) is 0.851. The smallest absolute Gasteiger partial charge is 0.272 e. The van der Waals surface area contributed by atoms with Crippen molar-refractivity contribution in [2.24, 2.45) is 5.73 Å². The van der Waals surface area contributed by atoms with Gasteiger partial charge < -0.3 is 16.0 Å². The normalized spacial score (nSPS) is 10.0. The third kappa shape index (κ3) is 5.37. The molecule has 0 unspecified atom stereocenters. The highest BCUT2D eigenvalue weighted by Crippen LogP contribution is 2.09. The van der Waals surface area contributed by atoms with E-state index in [1.165, 1.54) is 4.90 Å². The summed E-state index contributed by atoms with van der Waals surface area (Å²) >= 11 is 0. The summed E-state index contributed by atoms with van der Waals surface area (Å²) < 4.78 is 0. The first-order valence-electron chi connectivity index (χ1n) is 6.20. The molecule has 3 N–H and O–H groups in total. The maximum absolute atomic E-state index is 11.7. The number of rotatable bonds is 7. The Morgan fingerprint density at radius 3 is 2.74 bits per heavy atom. The third-order valence-electron chi connectivity index (χ3n) is 2.56. The summed E-state index contributed by atoms with van der Waals surface area (Å²) in [6.45, 7) is 0.729. The minimum Gasteiger partial charge on any atom is -0.385 e. The molecule has 0 fully saturated rings. The van der Waals surface area contributed by atoms with Crippen LogP contribution in [0.1, 0.15) is 29.8 Å². The van der Waals surface area contributed by atoms with Gasteiger partial charge in [-0.15, -0.1) is 0 Å². The molecule has 19 heavy (non-hydrogen) atoms. The van der Waals surface area contributed by atoms with Crippen LogP contribution < -0.4 is 11.1 Å². The minimum atomic E-state index is -0.275. The zero-order valence-corrected chi connectivity index (χ0v) is 11.3. The molecule has 0 aliphatic rings. The molecule has 104 valence electrons. The van der Waals surface area contributed by atoms with Gasteiger partial charge in [0.2, 0.25) is 5.91 Å². The van der Waals surface area contributed by atoms with E-state index >= 15 is 0 Å². The summed E-state index contributed by atoms with van der Waals surface area (Å²) in [4.78, 5) is 27.8. The van der Waals surface area contributed by atoms with Gasteiger partial charge in [0.05, 0.1) is 0 Å². The van der Waals surface area contributed by atoms with Crippen molar-refractivity contribution >= 4 is 17.5 Å². The van der Waals surface area contributed by atoms with E-state index in [2.05, 4.69) is 10.3 Å². The monoisotopic (exact) mass is 264 g/mol. The van der Waals surface area contributed by atoms with Crippen molar-refractivity contribution in [3.05, 3.63) is 24.0 Å². The highest BCUT2D eigenvalue weighted by atomic mass is 16.2. The van der Waals surface area contributed by atoms with Gasteiger partial charge in [0, 0.05) is 38.9 Å². The zero-order valence-electron chi connectivity index (χ0n) is 11.3. The first-order chi connectivity index (χ1) is 9.00. The average molecular weight is 264 g/mol. The lowest BCUT2D eigenvalue weighted by Crippen LogP contribution is -2.22. The number of carbonyl (C=O) groups excluding carboxylic acids is 2. The van der Waals surface area contributed by atoms with E-state index in [9.17, 15) is 9.59 Å². The second-order valence-electron chi connectivity index (χ2n) is 4.48. The Labute approximate surface area is 113 Å². The van der Waals surface area contributed by atoms with Crippen LogP contribution in [0.5, 0.6) is 0 Å². The Kier molecular flexibility index (Phi) is 5.78. The molecule has 1 rings (SSSR count). The largest absolute Gasteiger partial charge is 0.385 e. The number of nitrogens with two attached hydrogens (primary N) is 1. The number of aromatic nitrogens is 1. The summed E-state index contributed by atoms with van der Waals surface area (Å²) in [6.07, 6.45) is 3.62. The van der Waals surface area contributed by atoms with Crippen LogP contribution in [0.25, 0.3) is 0 Å². The molecule has 6 heteroatoms. The van der Waals surface area contributed by atoms with Crippen molar-refractivity contribution in [1.29, 1.82) is 0 Å². The van der Waals surface area contributed by atoms with Crippen molar-refractivity contribution in [2.75, 3.05) is 26.0 Å². The van der Waals surface area contributed by atoms with E-state index in [1.54, 1.807) is 32.4 Å². The highest BCUT2D eigenvalue weighted by Gasteiger charge is 2.09. The summed E-state index contributed by atoms with van der Waals surface area (Å²) in [6, 6.07) is 3.52. The Morgan fingerprint density at radius 1 is 1.37 bits per heavy atom.